The minimum absolute atomic E-state index is 0. The number of hydrogen-bond acceptors (Lipinski definition) is 9. The molecule has 0 saturated carbocycles. The van der Waals surface area contributed by atoms with Gasteiger partial charge in [-0.2, -0.15) is 5.26 Å². The van der Waals surface area contributed by atoms with Crippen molar-refractivity contribution in [3.63, 3.8) is 0 Å². The number of nitrogens with zero attached hydrogens (tertiary/aromatic N) is 7. The molecule has 0 amide bonds. The summed E-state index contributed by atoms with van der Waals surface area (Å²) in [6, 6.07) is 12.3. The van der Waals surface area contributed by atoms with Crippen LogP contribution in [0.5, 0.6) is 0 Å². The molecule has 0 radical (unpaired) electrons. The summed E-state index contributed by atoms with van der Waals surface area (Å²) in [7, 11) is 0. The fraction of sp³-hybridized carbons (Fsp3) is 0.250. The van der Waals surface area contributed by atoms with Crippen molar-refractivity contribution in [3.05, 3.63) is 77.1 Å². The fourth-order valence-corrected chi connectivity index (χ4v) is 5.50. The van der Waals surface area contributed by atoms with Crippen LogP contribution in [0, 0.1) is 17.1 Å². The molecular formula is C28H27ClFN9S. The van der Waals surface area contributed by atoms with Crippen molar-refractivity contribution in [1.82, 2.24) is 29.7 Å². The highest BCUT2D eigenvalue weighted by Gasteiger charge is 2.17. The van der Waals surface area contributed by atoms with E-state index in [1.54, 1.807) is 12.1 Å². The number of benzene rings is 1. The number of anilines is 2. The summed E-state index contributed by atoms with van der Waals surface area (Å²) in [4.78, 5) is 21.4. The van der Waals surface area contributed by atoms with Gasteiger partial charge in [-0.15, -0.1) is 12.4 Å². The van der Waals surface area contributed by atoms with Gasteiger partial charge in [0.1, 0.15) is 28.1 Å². The van der Waals surface area contributed by atoms with Gasteiger partial charge < -0.3 is 19.9 Å². The minimum atomic E-state index is -0.327. The van der Waals surface area contributed by atoms with Crippen LogP contribution in [-0.2, 0) is 13.0 Å². The number of halogens is 2. The Hall–Kier alpha value is -4.11. The first-order valence-corrected chi connectivity index (χ1v) is 13.6. The lowest BCUT2D eigenvalue weighted by Crippen LogP contribution is -2.44. The maximum Gasteiger partial charge on any atom is 0.225 e. The van der Waals surface area contributed by atoms with E-state index in [9.17, 15) is 9.65 Å². The van der Waals surface area contributed by atoms with Gasteiger partial charge in [0, 0.05) is 61.5 Å². The van der Waals surface area contributed by atoms with Crippen LogP contribution < -0.4 is 15.5 Å². The summed E-state index contributed by atoms with van der Waals surface area (Å²) < 4.78 is 15.5. The van der Waals surface area contributed by atoms with E-state index in [-0.39, 0.29) is 18.2 Å². The van der Waals surface area contributed by atoms with Gasteiger partial charge >= 0.3 is 0 Å². The largest absolute Gasteiger partial charge is 0.356 e. The summed E-state index contributed by atoms with van der Waals surface area (Å²) >= 11 is 1.28. The molecule has 2 N–H and O–H groups in total. The highest BCUT2D eigenvalue weighted by Crippen LogP contribution is 2.31. The number of imidazole rings is 1. The maximum atomic E-state index is 13.4. The zero-order valence-electron chi connectivity index (χ0n) is 21.8. The van der Waals surface area contributed by atoms with E-state index in [4.69, 9.17) is 4.98 Å². The van der Waals surface area contributed by atoms with E-state index in [1.165, 1.54) is 23.5 Å². The van der Waals surface area contributed by atoms with Crippen LogP contribution in [0.25, 0.3) is 28.0 Å². The molecule has 0 bridgehead atoms. The summed E-state index contributed by atoms with van der Waals surface area (Å²) in [5, 5.41) is 17.0. The van der Waals surface area contributed by atoms with Crippen molar-refractivity contribution < 1.29 is 4.39 Å². The third-order valence-electron chi connectivity index (χ3n) is 6.76. The molecule has 1 saturated heterocycles. The molecule has 12 heteroatoms. The van der Waals surface area contributed by atoms with Crippen LogP contribution in [0.4, 0.5) is 15.5 Å². The Morgan fingerprint density at radius 2 is 1.75 bits per heavy atom. The van der Waals surface area contributed by atoms with E-state index in [0.717, 1.165) is 66.7 Å². The maximum absolute atomic E-state index is 13.4. The quantitative estimate of drug-likeness (QED) is 0.281. The van der Waals surface area contributed by atoms with Crippen LogP contribution in [0.15, 0.2) is 55.0 Å². The smallest absolute Gasteiger partial charge is 0.225 e. The molecule has 204 valence electrons. The normalized spacial score (nSPS) is 13.2. The van der Waals surface area contributed by atoms with E-state index in [2.05, 4.69) is 54.1 Å². The van der Waals surface area contributed by atoms with Crippen molar-refractivity contribution in [3.8, 4) is 28.5 Å². The number of nitriles is 1. The molecule has 40 heavy (non-hydrogen) atoms. The average molecular weight is 576 g/mol. The Morgan fingerprint density at radius 1 is 1.02 bits per heavy atom. The average Bonchev–Trinajstić information content (AvgIpc) is 3.57. The summed E-state index contributed by atoms with van der Waals surface area (Å²) in [6.45, 7) is 6.23. The number of fused-ring (bicyclic) bond motifs is 1. The van der Waals surface area contributed by atoms with Gasteiger partial charge in [-0.3, -0.25) is 0 Å². The number of pyridine rings is 1. The standard InChI is InChI=1S/C28H26FN9S.ClH/c1-2-22-23(16-34-28-36-26(24(13-30)39-28)18-3-6-21(29)7-4-18)38-17-19(5-8-25(38)35-22)20-14-32-27(33-15-20)37-11-9-31-10-12-37;/h3-8,14-15,17,31H,2,9-12,16H2,1H3,(H,34,36);1H. The molecule has 0 unspecified atom stereocenters. The number of nitrogens with one attached hydrogen (secondary N) is 2. The number of rotatable bonds is 7. The van der Waals surface area contributed by atoms with Crippen LogP contribution >= 0.6 is 23.7 Å². The number of thiazole rings is 1. The van der Waals surface area contributed by atoms with Crippen LogP contribution in [0.3, 0.4) is 0 Å². The fourth-order valence-electron chi connectivity index (χ4n) is 4.72. The van der Waals surface area contributed by atoms with Gasteiger partial charge in [-0.1, -0.05) is 18.3 Å². The second kappa shape index (κ2) is 12.0. The first-order chi connectivity index (χ1) is 19.1. The van der Waals surface area contributed by atoms with Gasteiger partial charge in [0.15, 0.2) is 5.13 Å². The molecule has 6 rings (SSSR count). The van der Waals surface area contributed by atoms with Crippen molar-refractivity contribution >= 4 is 40.5 Å². The van der Waals surface area contributed by atoms with Gasteiger partial charge in [0.25, 0.3) is 0 Å². The molecule has 0 spiro atoms. The van der Waals surface area contributed by atoms with Crippen molar-refractivity contribution in [1.29, 1.82) is 5.26 Å². The molecule has 1 aliphatic heterocycles. The molecule has 4 aromatic heterocycles. The van der Waals surface area contributed by atoms with E-state index in [1.807, 2.05) is 24.5 Å². The second-order valence-electron chi connectivity index (χ2n) is 9.18. The third-order valence-corrected chi connectivity index (χ3v) is 7.68. The summed E-state index contributed by atoms with van der Waals surface area (Å²) in [6.07, 6.45) is 6.58. The Balaban J connectivity index is 0.00000323. The van der Waals surface area contributed by atoms with Crippen LogP contribution in [0.2, 0.25) is 0 Å². The molecule has 9 nitrogen and oxygen atoms in total. The van der Waals surface area contributed by atoms with Crippen molar-refractivity contribution in [2.75, 3.05) is 36.4 Å². The van der Waals surface area contributed by atoms with Crippen LogP contribution in [-0.4, -0.2) is 50.5 Å². The molecule has 5 heterocycles. The molecule has 5 aromatic rings. The lowest BCUT2D eigenvalue weighted by atomic mass is 10.1. The van der Waals surface area contributed by atoms with Crippen molar-refractivity contribution in [2.45, 2.75) is 19.9 Å². The highest BCUT2D eigenvalue weighted by molar-refractivity contribution is 7.16. The molecule has 0 atom stereocenters. The zero-order valence-corrected chi connectivity index (χ0v) is 23.4. The van der Waals surface area contributed by atoms with Gasteiger partial charge in [0.05, 0.1) is 17.9 Å². The first-order valence-electron chi connectivity index (χ1n) is 12.8. The Bertz CT molecular complexity index is 1650. The van der Waals surface area contributed by atoms with Gasteiger partial charge in [-0.25, -0.2) is 24.3 Å². The monoisotopic (exact) mass is 575 g/mol. The molecule has 1 aromatic carbocycles. The molecule has 1 fully saturated rings. The van der Waals surface area contributed by atoms with Crippen LogP contribution in [0.1, 0.15) is 23.2 Å². The Kier molecular flexibility index (Phi) is 8.21. The van der Waals surface area contributed by atoms with Gasteiger partial charge in [-0.05, 0) is 42.8 Å². The third kappa shape index (κ3) is 5.47. The van der Waals surface area contributed by atoms with Crippen molar-refractivity contribution in [2.24, 2.45) is 0 Å². The Labute approximate surface area is 241 Å². The molecule has 0 aliphatic carbocycles. The van der Waals surface area contributed by atoms with E-state index in [0.29, 0.717) is 27.8 Å². The second-order valence-corrected chi connectivity index (χ2v) is 10.2. The number of hydrogen-bond donors (Lipinski definition) is 2. The number of piperazine rings is 1. The highest BCUT2D eigenvalue weighted by atomic mass is 35.5. The van der Waals surface area contributed by atoms with E-state index >= 15 is 0 Å². The molecular weight excluding hydrogens is 549 g/mol. The topological polar surface area (TPSA) is 107 Å². The molecule has 1 aliphatic rings. The minimum Gasteiger partial charge on any atom is -0.356 e. The SMILES string of the molecule is CCc1nc2ccc(-c3cnc(N4CCNCC4)nc3)cn2c1CNc1nc(-c2ccc(F)cc2)c(C#N)s1.Cl. The van der Waals surface area contributed by atoms with E-state index < -0.39 is 0 Å². The first kappa shape index (κ1) is 27.5. The number of aromatic nitrogens is 5. The zero-order chi connectivity index (χ0) is 26.8. The summed E-state index contributed by atoms with van der Waals surface area (Å²) in [5.41, 5.74) is 6.04. The lowest BCUT2D eigenvalue weighted by molar-refractivity contribution is 0.580. The number of aryl methyl sites for hydroxylation is 1. The predicted octanol–water partition coefficient (Wildman–Crippen LogP) is 4.93. The Morgan fingerprint density at radius 3 is 2.45 bits per heavy atom. The van der Waals surface area contributed by atoms with Gasteiger partial charge in [0.2, 0.25) is 5.95 Å². The predicted molar refractivity (Wildman–Crippen MR) is 157 cm³/mol. The lowest BCUT2D eigenvalue weighted by Gasteiger charge is -2.27. The summed E-state index contributed by atoms with van der Waals surface area (Å²) in [5.74, 6) is 0.425.